The fourth-order valence-corrected chi connectivity index (χ4v) is 2.60. The van der Waals surface area contributed by atoms with Gasteiger partial charge >= 0.3 is 0 Å². The number of benzene rings is 1. The molecule has 1 unspecified atom stereocenters. The van der Waals surface area contributed by atoms with Crippen LogP contribution in [-0.4, -0.2) is 36.4 Å². The lowest BCUT2D eigenvalue weighted by Crippen LogP contribution is -2.58. The second kappa shape index (κ2) is 5.35. The summed E-state index contributed by atoms with van der Waals surface area (Å²) < 4.78 is 18.9. The van der Waals surface area contributed by atoms with Gasteiger partial charge in [0.05, 0.1) is 13.7 Å². The largest absolute Gasteiger partial charge is 0.497 e. The van der Waals surface area contributed by atoms with Crippen LogP contribution in [0.1, 0.15) is 18.4 Å². The first-order valence-corrected chi connectivity index (χ1v) is 6.99. The van der Waals surface area contributed by atoms with E-state index in [9.17, 15) is 14.0 Å². The molecular formula is C15H17FN2O3. The maximum Gasteiger partial charge on any atom is 0.246 e. The van der Waals surface area contributed by atoms with Crippen molar-refractivity contribution in [3.8, 4) is 5.75 Å². The summed E-state index contributed by atoms with van der Waals surface area (Å²) >= 11 is 0. The number of piperazine rings is 1. The summed E-state index contributed by atoms with van der Waals surface area (Å²) in [6, 6.07) is 4.07. The summed E-state index contributed by atoms with van der Waals surface area (Å²) in [4.78, 5) is 25.5. The van der Waals surface area contributed by atoms with Crippen molar-refractivity contribution in [2.75, 3.05) is 13.7 Å². The smallest absolute Gasteiger partial charge is 0.246 e. The molecule has 1 saturated carbocycles. The number of nitrogens with one attached hydrogen (secondary N) is 1. The van der Waals surface area contributed by atoms with E-state index >= 15 is 0 Å². The third kappa shape index (κ3) is 2.84. The quantitative estimate of drug-likeness (QED) is 0.903. The van der Waals surface area contributed by atoms with Crippen LogP contribution in [0.4, 0.5) is 4.39 Å². The molecule has 1 saturated heterocycles. The lowest BCUT2D eigenvalue weighted by Gasteiger charge is -2.32. The van der Waals surface area contributed by atoms with Crippen LogP contribution in [0.3, 0.4) is 0 Å². The minimum absolute atomic E-state index is 0.0203. The van der Waals surface area contributed by atoms with E-state index in [1.807, 2.05) is 0 Å². The Morgan fingerprint density at radius 2 is 2.14 bits per heavy atom. The lowest BCUT2D eigenvalue weighted by atomic mass is 10.1. The van der Waals surface area contributed by atoms with Crippen molar-refractivity contribution < 1.29 is 18.7 Å². The molecule has 0 radical (unpaired) electrons. The maximum absolute atomic E-state index is 14.0. The second-order valence-electron chi connectivity index (χ2n) is 5.53. The van der Waals surface area contributed by atoms with Crippen molar-refractivity contribution in [1.82, 2.24) is 10.2 Å². The van der Waals surface area contributed by atoms with Gasteiger partial charge < -0.3 is 15.0 Å². The molecule has 1 aromatic rings. The standard InChI is InChI=1S/C15H17FN2O3/c1-21-11-5-4-10(12(16)6-11)7-18-8-13(19)17-14(15(18)20)9-2-3-9/h4-6,9,14H,2-3,7-8H2,1H3,(H,17,19). The third-order valence-corrected chi connectivity index (χ3v) is 3.94. The molecule has 2 aliphatic rings. The van der Waals surface area contributed by atoms with Crippen molar-refractivity contribution in [2.45, 2.75) is 25.4 Å². The van der Waals surface area contributed by atoms with E-state index in [2.05, 4.69) is 5.32 Å². The molecule has 6 heteroatoms. The van der Waals surface area contributed by atoms with E-state index < -0.39 is 11.9 Å². The highest BCUT2D eigenvalue weighted by Gasteiger charge is 2.42. The summed E-state index contributed by atoms with van der Waals surface area (Å²) in [5.74, 6) is -0.0661. The Kier molecular flexibility index (Phi) is 3.53. The summed E-state index contributed by atoms with van der Waals surface area (Å²) in [7, 11) is 1.47. The van der Waals surface area contributed by atoms with Gasteiger partial charge in [-0.15, -0.1) is 0 Å². The predicted molar refractivity (Wildman–Crippen MR) is 73.0 cm³/mol. The first kappa shape index (κ1) is 13.9. The lowest BCUT2D eigenvalue weighted by molar-refractivity contribution is -0.145. The van der Waals surface area contributed by atoms with Crippen molar-refractivity contribution in [1.29, 1.82) is 0 Å². The van der Waals surface area contributed by atoms with E-state index in [1.54, 1.807) is 12.1 Å². The molecule has 112 valence electrons. The second-order valence-corrected chi connectivity index (χ2v) is 5.53. The summed E-state index contributed by atoms with van der Waals surface area (Å²) in [6.07, 6.45) is 1.92. The molecule has 1 atom stereocenters. The Morgan fingerprint density at radius 3 is 2.76 bits per heavy atom. The van der Waals surface area contributed by atoms with Gasteiger partial charge in [0, 0.05) is 18.2 Å². The number of hydrogen-bond donors (Lipinski definition) is 1. The first-order valence-electron chi connectivity index (χ1n) is 6.99. The van der Waals surface area contributed by atoms with Crippen LogP contribution >= 0.6 is 0 Å². The third-order valence-electron chi connectivity index (χ3n) is 3.94. The van der Waals surface area contributed by atoms with Gasteiger partial charge in [-0.05, 0) is 24.8 Å². The number of amides is 2. The van der Waals surface area contributed by atoms with Crippen LogP contribution in [0.2, 0.25) is 0 Å². The van der Waals surface area contributed by atoms with Gasteiger partial charge in [0.15, 0.2) is 0 Å². The molecule has 1 aliphatic carbocycles. The van der Waals surface area contributed by atoms with Crippen LogP contribution in [-0.2, 0) is 16.1 Å². The van der Waals surface area contributed by atoms with Gasteiger partial charge in [-0.25, -0.2) is 4.39 Å². The Morgan fingerprint density at radius 1 is 1.38 bits per heavy atom. The number of nitrogens with zero attached hydrogens (tertiary/aromatic N) is 1. The van der Waals surface area contributed by atoms with Gasteiger partial charge in [-0.3, -0.25) is 9.59 Å². The number of rotatable bonds is 4. The Bertz CT molecular complexity index is 586. The molecular weight excluding hydrogens is 275 g/mol. The van der Waals surface area contributed by atoms with Crippen molar-refractivity contribution >= 4 is 11.8 Å². The maximum atomic E-state index is 14.0. The van der Waals surface area contributed by atoms with Gasteiger partial charge in [0.25, 0.3) is 0 Å². The van der Waals surface area contributed by atoms with Crippen LogP contribution < -0.4 is 10.1 Å². The highest BCUT2D eigenvalue weighted by molar-refractivity contribution is 5.95. The van der Waals surface area contributed by atoms with E-state index in [1.165, 1.54) is 18.1 Å². The fourth-order valence-electron chi connectivity index (χ4n) is 2.60. The van der Waals surface area contributed by atoms with Crippen molar-refractivity contribution in [3.05, 3.63) is 29.6 Å². The summed E-state index contributed by atoms with van der Waals surface area (Å²) in [5.41, 5.74) is 0.383. The molecule has 0 spiro atoms. The molecule has 1 N–H and O–H groups in total. The average Bonchev–Trinajstić information content (AvgIpc) is 3.29. The van der Waals surface area contributed by atoms with Gasteiger partial charge in [0.1, 0.15) is 17.6 Å². The zero-order chi connectivity index (χ0) is 15.0. The molecule has 2 amide bonds. The molecule has 1 aliphatic heterocycles. The minimum atomic E-state index is -0.437. The van der Waals surface area contributed by atoms with E-state index in [4.69, 9.17) is 4.74 Å². The predicted octanol–water partition coefficient (Wildman–Crippen LogP) is 1.07. The molecule has 2 fully saturated rings. The monoisotopic (exact) mass is 292 g/mol. The van der Waals surface area contributed by atoms with Crippen molar-refractivity contribution in [3.63, 3.8) is 0 Å². The molecule has 5 nitrogen and oxygen atoms in total. The van der Waals surface area contributed by atoms with Crippen molar-refractivity contribution in [2.24, 2.45) is 5.92 Å². The number of ether oxygens (including phenoxy) is 1. The first-order chi connectivity index (χ1) is 10.1. The van der Waals surface area contributed by atoms with E-state index in [-0.39, 0.29) is 30.8 Å². The van der Waals surface area contributed by atoms with Gasteiger partial charge in [-0.1, -0.05) is 6.07 Å². The van der Waals surface area contributed by atoms with Gasteiger partial charge in [-0.2, -0.15) is 0 Å². The highest BCUT2D eigenvalue weighted by Crippen LogP contribution is 2.34. The van der Waals surface area contributed by atoms with E-state index in [0.717, 1.165) is 12.8 Å². The van der Waals surface area contributed by atoms with Crippen LogP contribution in [0.25, 0.3) is 0 Å². The fraction of sp³-hybridized carbons (Fsp3) is 0.467. The van der Waals surface area contributed by atoms with Crippen LogP contribution in [0, 0.1) is 11.7 Å². The number of methoxy groups -OCH3 is 1. The highest BCUT2D eigenvalue weighted by atomic mass is 19.1. The molecule has 0 bridgehead atoms. The summed E-state index contributed by atoms with van der Waals surface area (Å²) in [6.45, 7) is 0.0822. The van der Waals surface area contributed by atoms with Crippen LogP contribution in [0.5, 0.6) is 5.75 Å². The Labute approximate surface area is 122 Å². The molecule has 21 heavy (non-hydrogen) atoms. The average molecular weight is 292 g/mol. The van der Waals surface area contributed by atoms with Crippen LogP contribution in [0.15, 0.2) is 18.2 Å². The zero-order valence-electron chi connectivity index (χ0n) is 11.8. The Hall–Kier alpha value is -2.11. The molecule has 3 rings (SSSR count). The number of hydrogen-bond acceptors (Lipinski definition) is 3. The van der Waals surface area contributed by atoms with E-state index in [0.29, 0.717) is 11.3 Å². The number of carbonyl (C=O) groups is 2. The molecule has 1 heterocycles. The number of carbonyl (C=O) groups excluding carboxylic acids is 2. The molecule has 0 aromatic heterocycles. The zero-order valence-corrected chi connectivity index (χ0v) is 11.8. The Balaban J connectivity index is 1.76. The van der Waals surface area contributed by atoms with Gasteiger partial charge in [0.2, 0.25) is 11.8 Å². The molecule has 1 aromatic carbocycles. The minimum Gasteiger partial charge on any atom is -0.497 e. The number of halogens is 1. The SMILES string of the molecule is COc1ccc(CN2CC(=O)NC(C3CC3)C2=O)c(F)c1. The topological polar surface area (TPSA) is 58.6 Å². The normalized spacial score (nSPS) is 22.2. The summed E-state index contributed by atoms with van der Waals surface area (Å²) in [5, 5.41) is 2.73.